The van der Waals surface area contributed by atoms with E-state index in [1.54, 1.807) is 10.7 Å². The van der Waals surface area contributed by atoms with Gasteiger partial charge in [0, 0.05) is 54.2 Å². The molecule has 2 unspecified atom stereocenters. The number of rotatable bonds is 6. The first-order chi connectivity index (χ1) is 17.0. The van der Waals surface area contributed by atoms with Crippen molar-refractivity contribution in [1.82, 2.24) is 24.5 Å². The van der Waals surface area contributed by atoms with Gasteiger partial charge in [-0.05, 0) is 51.0 Å². The molecular formula is C25H27N7O3. The van der Waals surface area contributed by atoms with Gasteiger partial charge in [-0.15, -0.1) is 0 Å². The summed E-state index contributed by atoms with van der Waals surface area (Å²) < 4.78 is 6.73. The molecule has 6 rings (SSSR count). The predicted molar refractivity (Wildman–Crippen MR) is 131 cm³/mol. The number of piperazine rings is 1. The number of carbonyl (C=O) groups is 1. The molecule has 2 saturated heterocycles. The number of aromatic carboxylic acids is 1. The number of hydrogen-bond donors (Lipinski definition) is 2. The number of fused-ring (bicyclic) bond motifs is 3. The zero-order valence-electron chi connectivity index (χ0n) is 19.6. The second-order valence-corrected chi connectivity index (χ2v) is 9.50. The lowest BCUT2D eigenvalue weighted by atomic mass is 10.1. The van der Waals surface area contributed by atoms with Crippen molar-refractivity contribution in [2.75, 3.05) is 23.3 Å². The molecule has 10 nitrogen and oxygen atoms in total. The van der Waals surface area contributed by atoms with E-state index in [0.29, 0.717) is 40.8 Å². The molecule has 180 valence electrons. The molecule has 3 aromatic heterocycles. The smallest absolute Gasteiger partial charge is 0.371 e. The van der Waals surface area contributed by atoms with Crippen molar-refractivity contribution in [3.8, 4) is 11.3 Å². The highest BCUT2D eigenvalue weighted by Gasteiger charge is 2.40. The molecule has 4 aromatic rings. The van der Waals surface area contributed by atoms with Crippen LogP contribution in [0.25, 0.3) is 16.9 Å². The van der Waals surface area contributed by atoms with Crippen LogP contribution in [-0.4, -0.2) is 66.8 Å². The minimum absolute atomic E-state index is 0.144. The lowest BCUT2D eigenvalue weighted by Crippen LogP contribution is -2.56. The molecule has 0 amide bonds. The Kier molecular flexibility index (Phi) is 5.18. The topological polar surface area (TPSA) is 112 Å². The zero-order chi connectivity index (χ0) is 24.1. The molecule has 2 aliphatic heterocycles. The van der Waals surface area contributed by atoms with E-state index < -0.39 is 5.97 Å². The fourth-order valence-corrected chi connectivity index (χ4v) is 5.57. The maximum absolute atomic E-state index is 11.2. The summed E-state index contributed by atoms with van der Waals surface area (Å²) in [7, 11) is 0. The lowest BCUT2D eigenvalue weighted by molar-refractivity contribution is 0.0662. The molecule has 2 fully saturated rings. The fourth-order valence-electron chi connectivity index (χ4n) is 5.57. The van der Waals surface area contributed by atoms with Crippen molar-refractivity contribution in [1.29, 1.82) is 0 Å². The molecule has 0 radical (unpaired) electrons. The molecule has 0 aliphatic carbocycles. The third kappa shape index (κ3) is 3.79. The Morgan fingerprint density at radius 3 is 2.54 bits per heavy atom. The molecule has 35 heavy (non-hydrogen) atoms. The summed E-state index contributed by atoms with van der Waals surface area (Å²) in [6, 6.07) is 11.7. The van der Waals surface area contributed by atoms with Gasteiger partial charge in [-0.2, -0.15) is 5.10 Å². The summed E-state index contributed by atoms with van der Waals surface area (Å²) in [5, 5.41) is 16.8. The molecule has 10 heteroatoms. The summed E-state index contributed by atoms with van der Waals surface area (Å²) in [4.78, 5) is 25.2. The number of carboxylic acids is 1. The third-order valence-electron chi connectivity index (χ3n) is 7.04. The van der Waals surface area contributed by atoms with Gasteiger partial charge in [0.1, 0.15) is 12.6 Å². The van der Waals surface area contributed by atoms with Crippen LogP contribution >= 0.6 is 0 Å². The minimum Gasteiger partial charge on any atom is -0.475 e. The first-order valence-electron chi connectivity index (χ1n) is 11.9. The number of nitrogens with zero attached hydrogens (tertiary/aromatic N) is 6. The highest BCUT2D eigenvalue weighted by atomic mass is 16.4. The quantitative estimate of drug-likeness (QED) is 0.431. The SMILES string of the molecule is CC(C)N1C2CCC1CN(c1ccc(Nc3ncc(-c4coc(C(=O)O)c4)n4ncnc34)cc1)C2. The first kappa shape index (κ1) is 21.6. The number of hydrogen-bond acceptors (Lipinski definition) is 8. The van der Waals surface area contributed by atoms with Crippen LogP contribution in [-0.2, 0) is 0 Å². The van der Waals surface area contributed by atoms with Crippen LogP contribution in [0.1, 0.15) is 37.2 Å². The molecule has 0 spiro atoms. The summed E-state index contributed by atoms with van der Waals surface area (Å²) >= 11 is 0. The summed E-state index contributed by atoms with van der Waals surface area (Å²) in [6.45, 7) is 6.75. The molecular weight excluding hydrogens is 446 g/mol. The Morgan fingerprint density at radius 1 is 1.14 bits per heavy atom. The van der Waals surface area contributed by atoms with Gasteiger partial charge in [0.2, 0.25) is 5.76 Å². The number of carboxylic acid groups (broad SMARTS) is 1. The van der Waals surface area contributed by atoms with Gasteiger partial charge in [0.15, 0.2) is 11.5 Å². The van der Waals surface area contributed by atoms with Crippen LogP contribution < -0.4 is 10.2 Å². The molecule has 5 heterocycles. The van der Waals surface area contributed by atoms with Gasteiger partial charge in [-0.1, -0.05) is 0 Å². The molecule has 0 saturated carbocycles. The van der Waals surface area contributed by atoms with Crippen LogP contribution in [0.15, 0.2) is 53.5 Å². The number of aromatic nitrogens is 4. The second kappa shape index (κ2) is 8.38. The number of anilines is 3. The fraction of sp³-hybridized carbons (Fsp3) is 0.360. The maximum atomic E-state index is 11.2. The van der Waals surface area contributed by atoms with Gasteiger partial charge in [-0.25, -0.2) is 19.3 Å². The van der Waals surface area contributed by atoms with E-state index in [2.05, 4.69) is 68.3 Å². The molecule has 2 N–H and O–H groups in total. The number of furan rings is 1. The van der Waals surface area contributed by atoms with Crippen molar-refractivity contribution in [2.45, 2.75) is 44.8 Å². The van der Waals surface area contributed by atoms with Gasteiger partial charge >= 0.3 is 5.97 Å². The average molecular weight is 474 g/mol. The molecule has 2 bridgehead atoms. The lowest BCUT2D eigenvalue weighted by Gasteiger charge is -2.44. The Morgan fingerprint density at radius 2 is 1.89 bits per heavy atom. The van der Waals surface area contributed by atoms with Crippen LogP contribution in [0.3, 0.4) is 0 Å². The highest BCUT2D eigenvalue weighted by molar-refractivity contribution is 5.86. The Bertz CT molecular complexity index is 1360. The van der Waals surface area contributed by atoms with Crippen LogP contribution in [0, 0.1) is 0 Å². The highest BCUT2D eigenvalue weighted by Crippen LogP contribution is 2.34. The Balaban J connectivity index is 1.21. The largest absolute Gasteiger partial charge is 0.475 e. The standard InChI is InChI=1S/C25H27N7O3/c1-15(2)31-19-7-8-20(31)12-30(11-19)18-5-3-17(4-6-18)29-23-24-27-14-28-32(24)21(10-26-23)16-9-22(25(33)34)35-13-16/h3-6,9-10,13-15,19-20H,7-8,11-12H2,1-2H3,(H,26,29)(H,33,34). The molecule has 2 atom stereocenters. The second-order valence-electron chi connectivity index (χ2n) is 9.50. The van der Waals surface area contributed by atoms with E-state index >= 15 is 0 Å². The zero-order valence-corrected chi connectivity index (χ0v) is 19.6. The van der Waals surface area contributed by atoms with Crippen molar-refractivity contribution < 1.29 is 14.3 Å². The monoisotopic (exact) mass is 473 g/mol. The molecule has 1 aromatic carbocycles. The van der Waals surface area contributed by atoms with Crippen LogP contribution in [0.5, 0.6) is 0 Å². The van der Waals surface area contributed by atoms with Gasteiger partial charge in [-0.3, -0.25) is 4.90 Å². The van der Waals surface area contributed by atoms with Crippen molar-refractivity contribution in [2.24, 2.45) is 0 Å². The normalized spacial score (nSPS) is 20.1. The van der Waals surface area contributed by atoms with Crippen LogP contribution in [0.2, 0.25) is 0 Å². The van der Waals surface area contributed by atoms with Crippen molar-refractivity contribution >= 4 is 28.8 Å². The summed E-state index contributed by atoms with van der Waals surface area (Å²) in [5.74, 6) is -0.714. The van der Waals surface area contributed by atoms with E-state index in [9.17, 15) is 4.79 Å². The Hall–Kier alpha value is -3.92. The average Bonchev–Trinajstić information content (AvgIpc) is 3.58. The predicted octanol–water partition coefficient (Wildman–Crippen LogP) is 3.89. The van der Waals surface area contributed by atoms with Gasteiger partial charge < -0.3 is 19.7 Å². The summed E-state index contributed by atoms with van der Waals surface area (Å²) in [5.41, 5.74) is 3.82. The van der Waals surface area contributed by atoms with Crippen molar-refractivity contribution in [3.05, 3.63) is 54.9 Å². The van der Waals surface area contributed by atoms with E-state index in [1.165, 1.54) is 37.2 Å². The maximum Gasteiger partial charge on any atom is 0.371 e. The minimum atomic E-state index is -1.13. The number of benzene rings is 1. The van der Waals surface area contributed by atoms with Gasteiger partial charge in [0.05, 0.1) is 11.9 Å². The first-order valence-corrected chi connectivity index (χ1v) is 11.9. The Labute approximate surface area is 202 Å². The van der Waals surface area contributed by atoms with Gasteiger partial charge in [0.25, 0.3) is 0 Å². The molecule has 2 aliphatic rings. The van der Waals surface area contributed by atoms with E-state index in [-0.39, 0.29) is 5.76 Å². The van der Waals surface area contributed by atoms with Crippen LogP contribution in [0.4, 0.5) is 17.2 Å². The van der Waals surface area contributed by atoms with E-state index in [0.717, 1.165) is 18.8 Å². The van der Waals surface area contributed by atoms with Crippen molar-refractivity contribution in [3.63, 3.8) is 0 Å². The number of nitrogens with one attached hydrogen (secondary N) is 1. The van der Waals surface area contributed by atoms with E-state index in [1.807, 2.05) is 0 Å². The van der Waals surface area contributed by atoms with E-state index in [4.69, 9.17) is 9.52 Å². The summed E-state index contributed by atoms with van der Waals surface area (Å²) in [6.07, 6.45) is 7.01. The third-order valence-corrected chi connectivity index (χ3v) is 7.04.